The van der Waals surface area contributed by atoms with Crippen LogP contribution in [0.2, 0.25) is 0 Å². The molecule has 0 atom stereocenters. The Morgan fingerprint density at radius 3 is 2.72 bits per heavy atom. The van der Waals surface area contributed by atoms with Crippen LogP contribution in [0.25, 0.3) is 10.9 Å². The fourth-order valence-corrected chi connectivity index (χ4v) is 6.89. The van der Waals surface area contributed by atoms with Gasteiger partial charge in [-0.2, -0.15) is 4.31 Å². The number of hydrogen-bond acceptors (Lipinski definition) is 4. The van der Waals surface area contributed by atoms with E-state index in [9.17, 15) is 13.2 Å². The minimum absolute atomic E-state index is 0.184. The van der Waals surface area contributed by atoms with Crippen LogP contribution in [0.1, 0.15) is 47.4 Å². The Morgan fingerprint density at radius 2 is 2.00 bits per heavy atom. The van der Waals surface area contributed by atoms with Crippen molar-refractivity contribution < 1.29 is 13.2 Å². The predicted molar refractivity (Wildman–Crippen MR) is 123 cm³/mol. The molecular formula is C24H28N4O3S. The van der Waals surface area contributed by atoms with Crippen molar-refractivity contribution >= 4 is 26.8 Å². The lowest BCUT2D eigenvalue weighted by atomic mass is 9.68. The molecule has 0 bridgehead atoms. The van der Waals surface area contributed by atoms with Gasteiger partial charge in [-0.25, -0.2) is 8.42 Å². The fourth-order valence-electron chi connectivity index (χ4n) is 5.06. The lowest BCUT2D eigenvalue weighted by molar-refractivity contribution is 0.0942. The third-order valence-electron chi connectivity index (χ3n) is 7.33. The SMILES string of the molecule is Cc1c(S(=O)(=O)N2CCC3(CCC3)C2)cc(C(=O)NCc2cccc3ncccc23)n1C. The van der Waals surface area contributed by atoms with E-state index in [4.69, 9.17) is 0 Å². The molecule has 8 heteroatoms. The van der Waals surface area contributed by atoms with Crippen LogP contribution in [-0.2, 0) is 23.6 Å². The molecule has 1 saturated heterocycles. The maximum atomic E-state index is 13.4. The van der Waals surface area contributed by atoms with E-state index in [0.29, 0.717) is 31.0 Å². The minimum Gasteiger partial charge on any atom is -0.347 e. The van der Waals surface area contributed by atoms with Crippen molar-refractivity contribution in [2.45, 2.75) is 44.0 Å². The number of nitrogens with one attached hydrogen (secondary N) is 1. The number of carbonyl (C=O) groups is 1. The highest BCUT2D eigenvalue weighted by molar-refractivity contribution is 7.89. The quantitative estimate of drug-likeness (QED) is 0.643. The van der Waals surface area contributed by atoms with Crippen molar-refractivity contribution in [2.75, 3.05) is 13.1 Å². The van der Waals surface area contributed by atoms with Crippen molar-refractivity contribution in [3.8, 4) is 0 Å². The van der Waals surface area contributed by atoms with Gasteiger partial charge in [-0.1, -0.05) is 24.6 Å². The van der Waals surface area contributed by atoms with Crippen molar-refractivity contribution in [3.63, 3.8) is 0 Å². The van der Waals surface area contributed by atoms with E-state index in [1.807, 2.05) is 30.3 Å². The van der Waals surface area contributed by atoms with Crippen molar-refractivity contribution in [2.24, 2.45) is 12.5 Å². The number of nitrogens with zero attached hydrogens (tertiary/aromatic N) is 3. The highest BCUT2D eigenvalue weighted by Crippen LogP contribution is 2.49. The van der Waals surface area contributed by atoms with Gasteiger partial charge in [0.15, 0.2) is 0 Å². The van der Waals surface area contributed by atoms with Gasteiger partial charge in [-0.3, -0.25) is 9.78 Å². The summed E-state index contributed by atoms with van der Waals surface area (Å²) >= 11 is 0. The molecule has 168 valence electrons. The summed E-state index contributed by atoms with van der Waals surface area (Å²) in [7, 11) is -1.88. The average Bonchev–Trinajstić information content (AvgIpc) is 3.36. The Kier molecular flexibility index (Phi) is 5.09. The van der Waals surface area contributed by atoms with Crippen LogP contribution >= 0.6 is 0 Å². The summed E-state index contributed by atoms with van der Waals surface area (Å²) in [6.45, 7) is 3.26. The van der Waals surface area contributed by atoms with Gasteiger partial charge in [0.1, 0.15) is 10.6 Å². The topological polar surface area (TPSA) is 84.3 Å². The number of amides is 1. The molecule has 7 nitrogen and oxygen atoms in total. The van der Waals surface area contributed by atoms with E-state index in [2.05, 4.69) is 10.3 Å². The number of carbonyl (C=O) groups excluding carboxylic acids is 1. The van der Waals surface area contributed by atoms with Gasteiger partial charge >= 0.3 is 0 Å². The lowest BCUT2D eigenvalue weighted by Gasteiger charge is -2.37. The summed E-state index contributed by atoms with van der Waals surface area (Å²) in [6.07, 6.45) is 6.10. The first kappa shape index (κ1) is 21.2. The van der Waals surface area contributed by atoms with Crippen LogP contribution in [0.15, 0.2) is 47.5 Å². The summed E-state index contributed by atoms with van der Waals surface area (Å²) in [5.74, 6) is -0.296. The molecule has 0 unspecified atom stereocenters. The highest BCUT2D eigenvalue weighted by atomic mass is 32.2. The fraction of sp³-hybridized carbons (Fsp3) is 0.417. The molecule has 1 aliphatic heterocycles. The first-order valence-corrected chi connectivity index (χ1v) is 12.5. The zero-order valence-electron chi connectivity index (χ0n) is 18.5. The zero-order chi connectivity index (χ0) is 22.5. The molecule has 1 spiro atoms. The summed E-state index contributed by atoms with van der Waals surface area (Å²) in [6, 6.07) is 11.2. The normalized spacial score (nSPS) is 18.2. The van der Waals surface area contributed by atoms with Gasteiger partial charge in [0, 0.05) is 44.0 Å². The van der Waals surface area contributed by atoms with E-state index in [1.165, 1.54) is 12.5 Å². The number of rotatable bonds is 5. The summed E-state index contributed by atoms with van der Waals surface area (Å²) in [5.41, 5.74) is 2.95. The highest BCUT2D eigenvalue weighted by Gasteiger charge is 2.47. The van der Waals surface area contributed by atoms with Gasteiger partial charge in [-0.15, -0.1) is 0 Å². The molecule has 3 aromatic rings. The van der Waals surface area contributed by atoms with Gasteiger partial charge in [-0.05, 0) is 55.4 Å². The number of pyridine rings is 1. The number of sulfonamides is 1. The van der Waals surface area contributed by atoms with Crippen LogP contribution in [0.4, 0.5) is 0 Å². The molecular weight excluding hydrogens is 424 g/mol. The second-order valence-electron chi connectivity index (χ2n) is 9.15. The molecule has 1 aromatic carbocycles. The standard InChI is InChI=1S/C24H28N4O3S/c1-17-22(32(30,31)28-13-11-24(16-28)9-5-10-24)14-21(27(17)2)23(29)26-15-18-6-3-8-20-19(18)7-4-12-25-20/h3-4,6-8,12,14H,5,9-11,13,15-16H2,1-2H3,(H,26,29). The van der Waals surface area contributed by atoms with Crippen LogP contribution < -0.4 is 5.32 Å². The predicted octanol–water partition coefficient (Wildman–Crippen LogP) is 3.38. The molecule has 3 heterocycles. The molecule has 1 aliphatic carbocycles. The average molecular weight is 453 g/mol. The third-order valence-corrected chi connectivity index (χ3v) is 9.29. The second-order valence-corrected chi connectivity index (χ2v) is 11.1. The molecule has 2 fully saturated rings. The van der Waals surface area contributed by atoms with E-state index in [-0.39, 0.29) is 16.2 Å². The molecule has 32 heavy (non-hydrogen) atoms. The molecule has 2 aliphatic rings. The summed E-state index contributed by atoms with van der Waals surface area (Å²) in [4.78, 5) is 17.6. The Labute approximate surface area is 188 Å². The first-order chi connectivity index (χ1) is 15.3. The third kappa shape index (κ3) is 3.42. The minimum atomic E-state index is -3.62. The summed E-state index contributed by atoms with van der Waals surface area (Å²) < 4.78 is 30.0. The van der Waals surface area contributed by atoms with Crippen molar-refractivity contribution in [3.05, 3.63) is 59.5 Å². The van der Waals surface area contributed by atoms with E-state index in [1.54, 1.807) is 29.0 Å². The molecule has 2 aromatic heterocycles. The Bertz CT molecular complexity index is 1300. The zero-order valence-corrected chi connectivity index (χ0v) is 19.3. The maximum Gasteiger partial charge on any atom is 0.268 e. The second kappa shape index (κ2) is 7.71. The number of fused-ring (bicyclic) bond motifs is 1. The Balaban J connectivity index is 1.36. The van der Waals surface area contributed by atoms with Crippen LogP contribution in [0.3, 0.4) is 0 Å². The van der Waals surface area contributed by atoms with Crippen LogP contribution in [0.5, 0.6) is 0 Å². The van der Waals surface area contributed by atoms with Crippen LogP contribution in [0, 0.1) is 12.3 Å². The smallest absolute Gasteiger partial charge is 0.268 e. The van der Waals surface area contributed by atoms with Gasteiger partial charge in [0.05, 0.1) is 5.52 Å². The molecule has 1 N–H and O–H groups in total. The van der Waals surface area contributed by atoms with Crippen molar-refractivity contribution in [1.29, 1.82) is 0 Å². The van der Waals surface area contributed by atoms with Gasteiger partial charge in [0.25, 0.3) is 5.91 Å². The number of aromatic nitrogens is 2. The Hall–Kier alpha value is -2.71. The molecule has 1 saturated carbocycles. The summed E-state index contributed by atoms with van der Waals surface area (Å²) in [5, 5.41) is 3.93. The van der Waals surface area contributed by atoms with Crippen LogP contribution in [-0.4, -0.2) is 41.3 Å². The van der Waals surface area contributed by atoms with E-state index in [0.717, 1.165) is 35.7 Å². The maximum absolute atomic E-state index is 13.4. The van der Waals surface area contributed by atoms with Crippen molar-refractivity contribution in [1.82, 2.24) is 19.2 Å². The number of hydrogen-bond donors (Lipinski definition) is 1. The van der Waals surface area contributed by atoms with E-state index >= 15 is 0 Å². The monoisotopic (exact) mass is 452 g/mol. The van der Waals surface area contributed by atoms with Gasteiger partial charge < -0.3 is 9.88 Å². The number of benzene rings is 1. The molecule has 0 radical (unpaired) electrons. The molecule has 5 rings (SSSR count). The largest absolute Gasteiger partial charge is 0.347 e. The Morgan fingerprint density at radius 1 is 1.19 bits per heavy atom. The molecule has 1 amide bonds. The van der Waals surface area contributed by atoms with Gasteiger partial charge in [0.2, 0.25) is 10.0 Å². The lowest BCUT2D eigenvalue weighted by Crippen LogP contribution is -2.36. The van der Waals surface area contributed by atoms with E-state index < -0.39 is 10.0 Å². The first-order valence-electron chi connectivity index (χ1n) is 11.1.